The van der Waals surface area contributed by atoms with E-state index in [1.54, 1.807) is 0 Å². The van der Waals surface area contributed by atoms with Crippen LogP contribution >= 0.6 is 7.82 Å². The molecule has 3 unspecified atom stereocenters. The minimum atomic E-state index is -4.45. The molecule has 0 radical (unpaired) electrons. The molecule has 0 aromatic heterocycles. The van der Waals surface area contributed by atoms with Crippen molar-refractivity contribution in [2.24, 2.45) is 0 Å². The highest BCUT2D eigenvalue weighted by Crippen LogP contribution is 2.43. The summed E-state index contributed by atoms with van der Waals surface area (Å²) in [5, 5.41) is 3.07. The number of unbranched alkanes of at least 4 members (excludes halogenated alkanes) is 44. The van der Waals surface area contributed by atoms with E-state index in [0.29, 0.717) is 17.4 Å². The van der Waals surface area contributed by atoms with Crippen molar-refractivity contribution in [3.05, 3.63) is 48.6 Å². The monoisotopic (exact) mass is 1160 g/mol. The Labute approximate surface area is 503 Å². The standard InChI is InChI=1S/C71H135N2O7P/c1-7-10-13-16-19-22-25-28-30-31-32-33-34-35-36-37-38-39-40-41-43-45-48-51-54-57-60-63-70(74)72-68(67-79-81(76,77)78-66-65-73(4,5)6)69(62-59-56-53-50-47-44-27-24-21-18-15-12-9-3)80-71(75)64-61-58-55-52-49-46-42-29-26-23-20-17-14-11-8-2/h11,14,17,20,23,26,59,62,68-69H,7-10,12-13,15-16,18-19,21-22,24-25,27-58,60-61,63-67H2,1-6H3,(H-,72,74,76,77)/p+1/b14-11+,20-17+,26-23+,62-59-. The van der Waals surface area contributed by atoms with Crippen molar-refractivity contribution in [2.45, 2.75) is 354 Å². The van der Waals surface area contributed by atoms with Crippen LogP contribution in [0.15, 0.2) is 48.6 Å². The molecule has 0 bridgehead atoms. The van der Waals surface area contributed by atoms with Gasteiger partial charge in [-0.2, -0.15) is 0 Å². The predicted molar refractivity (Wildman–Crippen MR) is 351 cm³/mol. The van der Waals surface area contributed by atoms with Crippen molar-refractivity contribution in [2.75, 3.05) is 40.9 Å². The molecule has 0 saturated heterocycles. The van der Waals surface area contributed by atoms with Crippen molar-refractivity contribution < 1.29 is 37.3 Å². The lowest BCUT2D eigenvalue weighted by molar-refractivity contribution is -0.870. The first-order valence-corrected chi connectivity index (χ1v) is 36.5. The van der Waals surface area contributed by atoms with E-state index in [9.17, 15) is 19.0 Å². The maximum absolute atomic E-state index is 13.6. The van der Waals surface area contributed by atoms with E-state index in [1.165, 1.54) is 231 Å². The number of phosphoric ester groups is 1. The fourth-order valence-corrected chi connectivity index (χ4v) is 11.2. The zero-order valence-corrected chi connectivity index (χ0v) is 55.4. The van der Waals surface area contributed by atoms with Crippen LogP contribution in [0.5, 0.6) is 0 Å². The van der Waals surface area contributed by atoms with Gasteiger partial charge in [-0.25, -0.2) is 4.57 Å². The van der Waals surface area contributed by atoms with Crippen LogP contribution in [0.25, 0.3) is 0 Å². The molecular weight excluding hydrogens is 1020 g/mol. The Bertz CT molecular complexity index is 1520. The van der Waals surface area contributed by atoms with Crippen LogP contribution in [-0.2, 0) is 27.9 Å². The third-order valence-corrected chi connectivity index (χ3v) is 16.8. The fraction of sp³-hybridized carbons (Fsp3) is 0.859. The number of ether oxygens (including phenoxy) is 1. The van der Waals surface area contributed by atoms with Crippen LogP contribution in [-0.4, -0.2) is 74.3 Å². The molecule has 0 aromatic carbocycles. The van der Waals surface area contributed by atoms with Gasteiger partial charge in [0.15, 0.2) is 0 Å². The highest BCUT2D eigenvalue weighted by atomic mass is 31.2. The van der Waals surface area contributed by atoms with Crippen LogP contribution < -0.4 is 5.32 Å². The van der Waals surface area contributed by atoms with Gasteiger partial charge in [0.25, 0.3) is 0 Å². The van der Waals surface area contributed by atoms with Crippen molar-refractivity contribution in [3.63, 3.8) is 0 Å². The maximum atomic E-state index is 13.6. The summed E-state index contributed by atoms with van der Waals surface area (Å²) in [7, 11) is 1.50. The number of carbonyl (C=O) groups is 2. The summed E-state index contributed by atoms with van der Waals surface area (Å²) in [6.45, 7) is 6.93. The summed E-state index contributed by atoms with van der Waals surface area (Å²) in [5.74, 6) is -0.504. The number of amides is 1. The highest BCUT2D eigenvalue weighted by Gasteiger charge is 2.30. The lowest BCUT2D eigenvalue weighted by Crippen LogP contribution is -2.47. The molecule has 0 aliphatic heterocycles. The number of nitrogens with zero attached hydrogens (tertiary/aromatic N) is 1. The molecular formula is C71H136N2O7P+. The van der Waals surface area contributed by atoms with E-state index in [2.05, 4.69) is 62.5 Å². The number of rotatable bonds is 64. The first-order valence-electron chi connectivity index (χ1n) is 35.0. The molecule has 1 amide bonds. The van der Waals surface area contributed by atoms with Crippen molar-refractivity contribution in [1.82, 2.24) is 5.32 Å². The molecule has 0 rings (SSSR count). The minimum absolute atomic E-state index is 0.0395. The smallest absolute Gasteiger partial charge is 0.456 e. The third kappa shape index (κ3) is 62.3. The van der Waals surface area contributed by atoms with Crippen LogP contribution in [0.1, 0.15) is 342 Å². The number of allylic oxidation sites excluding steroid dienone is 7. The number of carbonyl (C=O) groups excluding carboxylic acids is 2. The number of quaternary nitrogens is 1. The minimum Gasteiger partial charge on any atom is -0.456 e. The molecule has 0 spiro atoms. The number of hydrogen-bond donors (Lipinski definition) is 2. The Hall–Kier alpha value is -2.03. The maximum Gasteiger partial charge on any atom is 0.472 e. The van der Waals surface area contributed by atoms with Crippen LogP contribution in [0, 0.1) is 0 Å². The normalized spacial score (nSPS) is 13.8. The molecule has 3 atom stereocenters. The Balaban J connectivity index is 5.00. The Morgan fingerprint density at radius 2 is 0.790 bits per heavy atom. The largest absolute Gasteiger partial charge is 0.472 e. The summed E-state index contributed by atoms with van der Waals surface area (Å²) < 4.78 is 30.8. The summed E-state index contributed by atoms with van der Waals surface area (Å²) in [6.07, 6.45) is 77.0. The van der Waals surface area contributed by atoms with Crippen molar-refractivity contribution in [3.8, 4) is 0 Å². The molecule has 0 heterocycles. The molecule has 0 aromatic rings. The van der Waals surface area contributed by atoms with Gasteiger partial charge < -0.3 is 19.4 Å². The van der Waals surface area contributed by atoms with E-state index in [-0.39, 0.29) is 31.5 Å². The highest BCUT2D eigenvalue weighted by molar-refractivity contribution is 7.47. The quantitative estimate of drug-likeness (QED) is 0.0156. The predicted octanol–water partition coefficient (Wildman–Crippen LogP) is 22.0. The molecule has 10 heteroatoms. The fourth-order valence-electron chi connectivity index (χ4n) is 10.5. The van der Waals surface area contributed by atoms with Gasteiger partial charge in [-0.1, -0.05) is 327 Å². The number of hydrogen-bond acceptors (Lipinski definition) is 6. The van der Waals surface area contributed by atoms with Gasteiger partial charge in [-0.3, -0.25) is 18.6 Å². The van der Waals surface area contributed by atoms with E-state index in [0.717, 1.165) is 77.0 Å². The second-order valence-electron chi connectivity index (χ2n) is 25.1. The number of nitrogens with one attached hydrogen (secondary N) is 1. The van der Waals surface area contributed by atoms with Crippen molar-refractivity contribution >= 4 is 19.7 Å². The first-order chi connectivity index (χ1) is 39.4. The Morgan fingerprint density at radius 1 is 0.444 bits per heavy atom. The lowest BCUT2D eigenvalue weighted by atomic mass is 10.0. The van der Waals surface area contributed by atoms with E-state index < -0.39 is 20.0 Å². The molecule has 0 saturated carbocycles. The van der Waals surface area contributed by atoms with E-state index in [1.807, 2.05) is 33.3 Å². The molecule has 9 nitrogen and oxygen atoms in total. The average Bonchev–Trinajstić information content (AvgIpc) is 3.44. The topological polar surface area (TPSA) is 111 Å². The summed E-state index contributed by atoms with van der Waals surface area (Å²) in [6, 6.07) is -0.852. The van der Waals surface area contributed by atoms with Gasteiger partial charge in [0.2, 0.25) is 5.91 Å². The summed E-state index contributed by atoms with van der Waals surface area (Å²) in [5.41, 5.74) is 0. The zero-order valence-electron chi connectivity index (χ0n) is 54.5. The molecule has 0 fully saturated rings. The molecule has 81 heavy (non-hydrogen) atoms. The van der Waals surface area contributed by atoms with Crippen LogP contribution in [0.3, 0.4) is 0 Å². The van der Waals surface area contributed by atoms with E-state index in [4.69, 9.17) is 13.8 Å². The lowest BCUT2D eigenvalue weighted by Gasteiger charge is -2.27. The first kappa shape index (κ1) is 79.0. The Kier molecular flexibility index (Phi) is 59.5. The number of likely N-dealkylation sites (N-methyl/N-ethyl adjacent to an activating group) is 1. The van der Waals surface area contributed by atoms with Gasteiger partial charge in [-0.15, -0.1) is 0 Å². The van der Waals surface area contributed by atoms with Gasteiger partial charge in [-0.05, 0) is 51.0 Å². The summed E-state index contributed by atoms with van der Waals surface area (Å²) >= 11 is 0. The molecule has 0 aliphatic carbocycles. The second kappa shape index (κ2) is 61.1. The summed E-state index contributed by atoms with van der Waals surface area (Å²) in [4.78, 5) is 37.8. The van der Waals surface area contributed by atoms with Gasteiger partial charge >= 0.3 is 13.8 Å². The molecule has 476 valence electrons. The third-order valence-electron chi connectivity index (χ3n) is 15.8. The van der Waals surface area contributed by atoms with Gasteiger partial charge in [0, 0.05) is 12.8 Å². The van der Waals surface area contributed by atoms with Crippen LogP contribution in [0.4, 0.5) is 0 Å². The zero-order chi connectivity index (χ0) is 59.3. The molecule has 0 aliphatic rings. The second-order valence-corrected chi connectivity index (χ2v) is 26.6. The molecule has 2 N–H and O–H groups in total. The Morgan fingerprint density at radius 3 is 1.17 bits per heavy atom. The van der Waals surface area contributed by atoms with Gasteiger partial charge in [0.1, 0.15) is 19.3 Å². The van der Waals surface area contributed by atoms with Crippen LogP contribution in [0.2, 0.25) is 0 Å². The SMILES string of the molecule is CC/C=C/C=C/C=C/CCCCCCCCCC(=O)OC(/C=C\CCCCCCCCCCCCC)C(COP(=O)(O)OCC[N+](C)(C)C)NC(=O)CCCCCCCCCCCCCCCCCCCCCCCCCCCCC. The number of phosphoric acid groups is 1. The average molecular weight is 1160 g/mol. The van der Waals surface area contributed by atoms with E-state index >= 15 is 0 Å². The van der Waals surface area contributed by atoms with Crippen molar-refractivity contribution in [1.29, 1.82) is 0 Å². The number of esters is 1. The van der Waals surface area contributed by atoms with Gasteiger partial charge in [0.05, 0.1) is 33.8 Å².